The van der Waals surface area contributed by atoms with E-state index in [9.17, 15) is 9.18 Å². The Morgan fingerprint density at radius 1 is 1.47 bits per heavy atom. The molecule has 0 aliphatic heterocycles. The summed E-state index contributed by atoms with van der Waals surface area (Å²) in [5, 5.41) is 3.38. The molecule has 0 amide bonds. The molecule has 0 spiro atoms. The van der Waals surface area contributed by atoms with Gasteiger partial charge in [0.05, 0.1) is 4.90 Å². The summed E-state index contributed by atoms with van der Waals surface area (Å²) in [5.74, 6) is -0.318. The summed E-state index contributed by atoms with van der Waals surface area (Å²) < 4.78 is 13.9. The second-order valence-corrected chi connectivity index (χ2v) is 5.05. The Bertz CT molecular complexity index is 642. The van der Waals surface area contributed by atoms with Crippen molar-refractivity contribution in [1.82, 2.24) is 15.3 Å². The van der Waals surface area contributed by atoms with E-state index >= 15 is 0 Å². The quantitative estimate of drug-likeness (QED) is 0.841. The normalized spacial score (nSPS) is 10.7. The van der Waals surface area contributed by atoms with Crippen LogP contribution < -0.4 is 10.9 Å². The molecular formula is C13H14FN3OS. The first kappa shape index (κ1) is 13.8. The summed E-state index contributed by atoms with van der Waals surface area (Å²) in [5.41, 5.74) is 1.20. The van der Waals surface area contributed by atoms with E-state index in [4.69, 9.17) is 0 Å². The minimum atomic E-state index is -0.318. The zero-order valence-corrected chi connectivity index (χ0v) is 11.5. The van der Waals surface area contributed by atoms with E-state index < -0.39 is 0 Å². The maximum Gasteiger partial charge on any atom is 0.251 e. The van der Waals surface area contributed by atoms with E-state index in [0.717, 1.165) is 17.3 Å². The lowest BCUT2D eigenvalue weighted by Crippen LogP contribution is -2.09. The molecule has 6 heteroatoms. The van der Waals surface area contributed by atoms with Gasteiger partial charge in [0.15, 0.2) is 5.16 Å². The zero-order chi connectivity index (χ0) is 13.8. The van der Waals surface area contributed by atoms with Crippen molar-refractivity contribution >= 4 is 11.8 Å². The van der Waals surface area contributed by atoms with Gasteiger partial charge in [0.1, 0.15) is 5.82 Å². The molecule has 19 heavy (non-hydrogen) atoms. The molecule has 0 aliphatic carbocycles. The van der Waals surface area contributed by atoms with Crippen LogP contribution in [0.1, 0.15) is 11.3 Å². The Balaban J connectivity index is 2.39. The van der Waals surface area contributed by atoms with Crippen LogP contribution in [0.25, 0.3) is 0 Å². The summed E-state index contributed by atoms with van der Waals surface area (Å²) in [4.78, 5) is 18.7. The highest BCUT2D eigenvalue weighted by Gasteiger charge is 2.11. The number of hydrogen-bond acceptors (Lipinski definition) is 4. The van der Waals surface area contributed by atoms with Crippen LogP contribution in [-0.4, -0.2) is 17.0 Å². The molecule has 0 radical (unpaired) electrons. The van der Waals surface area contributed by atoms with Gasteiger partial charge in [-0.15, -0.1) is 0 Å². The van der Waals surface area contributed by atoms with Gasteiger partial charge < -0.3 is 10.3 Å². The van der Waals surface area contributed by atoms with Crippen LogP contribution >= 0.6 is 11.8 Å². The van der Waals surface area contributed by atoms with E-state index in [1.807, 2.05) is 6.07 Å². The highest BCUT2D eigenvalue weighted by atomic mass is 32.2. The van der Waals surface area contributed by atoms with Gasteiger partial charge in [0.25, 0.3) is 5.56 Å². The van der Waals surface area contributed by atoms with Crippen molar-refractivity contribution in [2.24, 2.45) is 0 Å². The van der Waals surface area contributed by atoms with E-state index in [1.165, 1.54) is 12.1 Å². The number of nitrogens with zero attached hydrogens (tertiary/aromatic N) is 1. The van der Waals surface area contributed by atoms with E-state index in [1.54, 1.807) is 20.0 Å². The number of H-pyrrole nitrogens is 1. The Morgan fingerprint density at radius 2 is 2.26 bits per heavy atom. The standard InChI is InChI=1S/C13H14FN3OS/c1-8-6-11(18)17-13(16-8)19-12-9(7-15-2)4-3-5-10(12)14/h3-6,15H,7H2,1-2H3,(H,16,17,18). The number of nitrogens with one attached hydrogen (secondary N) is 2. The molecule has 1 aromatic heterocycles. The number of rotatable bonds is 4. The van der Waals surface area contributed by atoms with Crippen molar-refractivity contribution in [3.8, 4) is 0 Å². The molecule has 100 valence electrons. The predicted molar refractivity (Wildman–Crippen MR) is 72.9 cm³/mol. The second kappa shape index (κ2) is 5.99. The Morgan fingerprint density at radius 3 is 2.95 bits per heavy atom. The van der Waals surface area contributed by atoms with Gasteiger partial charge in [0.2, 0.25) is 0 Å². The molecule has 0 unspecified atom stereocenters. The van der Waals surface area contributed by atoms with Crippen molar-refractivity contribution in [2.75, 3.05) is 7.05 Å². The first-order chi connectivity index (χ1) is 9.10. The molecule has 0 saturated carbocycles. The SMILES string of the molecule is CNCc1cccc(F)c1Sc1nc(C)cc(=O)[nH]1. The summed E-state index contributed by atoms with van der Waals surface area (Å²) in [6.07, 6.45) is 0. The van der Waals surface area contributed by atoms with Crippen molar-refractivity contribution in [3.05, 3.63) is 51.7 Å². The number of aromatic nitrogens is 2. The van der Waals surface area contributed by atoms with Crippen molar-refractivity contribution in [3.63, 3.8) is 0 Å². The Labute approximate surface area is 114 Å². The lowest BCUT2D eigenvalue weighted by atomic mass is 10.2. The summed E-state index contributed by atoms with van der Waals surface area (Å²) in [6.45, 7) is 2.28. The number of hydrogen-bond donors (Lipinski definition) is 2. The molecule has 1 aromatic carbocycles. The molecule has 0 bridgehead atoms. The van der Waals surface area contributed by atoms with Crippen LogP contribution in [0.3, 0.4) is 0 Å². The number of aryl methyl sites for hydroxylation is 1. The van der Waals surface area contributed by atoms with Crippen LogP contribution in [0, 0.1) is 12.7 Å². The second-order valence-electron chi connectivity index (χ2n) is 4.05. The first-order valence-electron chi connectivity index (χ1n) is 5.78. The van der Waals surface area contributed by atoms with Crippen LogP contribution in [0.15, 0.2) is 39.1 Å². The van der Waals surface area contributed by atoms with Crippen LogP contribution in [-0.2, 0) is 6.54 Å². The molecule has 0 aliphatic rings. The number of aromatic amines is 1. The lowest BCUT2D eigenvalue weighted by Gasteiger charge is -2.09. The summed E-state index contributed by atoms with van der Waals surface area (Å²) in [7, 11) is 1.80. The smallest absolute Gasteiger partial charge is 0.251 e. The fourth-order valence-electron chi connectivity index (χ4n) is 1.69. The fraction of sp³-hybridized carbons (Fsp3) is 0.231. The van der Waals surface area contributed by atoms with Gasteiger partial charge in [-0.2, -0.15) is 0 Å². The number of halogens is 1. The van der Waals surface area contributed by atoms with Crippen molar-refractivity contribution in [1.29, 1.82) is 0 Å². The maximum absolute atomic E-state index is 13.9. The molecule has 2 N–H and O–H groups in total. The Hall–Kier alpha value is -1.66. The third-order valence-corrected chi connectivity index (χ3v) is 3.51. The highest BCUT2D eigenvalue weighted by molar-refractivity contribution is 7.99. The van der Waals surface area contributed by atoms with Crippen LogP contribution in [0.4, 0.5) is 4.39 Å². The molecule has 1 heterocycles. The molecule has 0 fully saturated rings. The fourth-order valence-corrected chi connectivity index (χ4v) is 2.67. The molecule has 0 saturated heterocycles. The highest BCUT2D eigenvalue weighted by Crippen LogP contribution is 2.30. The predicted octanol–water partition coefficient (Wildman–Crippen LogP) is 2.09. The van der Waals surface area contributed by atoms with Gasteiger partial charge in [-0.1, -0.05) is 12.1 Å². The van der Waals surface area contributed by atoms with Gasteiger partial charge in [0, 0.05) is 18.3 Å². The minimum absolute atomic E-state index is 0.235. The van der Waals surface area contributed by atoms with Crippen molar-refractivity contribution < 1.29 is 4.39 Å². The van der Waals surface area contributed by atoms with Gasteiger partial charge in [-0.25, -0.2) is 9.37 Å². The van der Waals surface area contributed by atoms with Crippen molar-refractivity contribution in [2.45, 2.75) is 23.5 Å². The third kappa shape index (κ3) is 3.42. The maximum atomic E-state index is 13.9. The van der Waals surface area contributed by atoms with Gasteiger partial charge in [-0.3, -0.25) is 4.79 Å². The van der Waals surface area contributed by atoms with Gasteiger partial charge >= 0.3 is 0 Å². The number of benzene rings is 1. The average molecular weight is 279 g/mol. The van der Waals surface area contributed by atoms with Crippen LogP contribution in [0.2, 0.25) is 0 Å². The van der Waals surface area contributed by atoms with Crippen LogP contribution in [0.5, 0.6) is 0 Å². The third-order valence-electron chi connectivity index (χ3n) is 2.46. The molecule has 2 rings (SSSR count). The van der Waals surface area contributed by atoms with E-state index in [2.05, 4.69) is 15.3 Å². The first-order valence-corrected chi connectivity index (χ1v) is 6.59. The molecule has 2 aromatic rings. The average Bonchev–Trinajstić information content (AvgIpc) is 2.32. The molecular weight excluding hydrogens is 265 g/mol. The molecule has 0 atom stereocenters. The Kier molecular flexibility index (Phi) is 4.34. The topological polar surface area (TPSA) is 57.8 Å². The summed E-state index contributed by atoms with van der Waals surface area (Å²) in [6, 6.07) is 6.31. The largest absolute Gasteiger partial charge is 0.316 e. The van der Waals surface area contributed by atoms with Gasteiger partial charge in [-0.05, 0) is 37.4 Å². The summed E-state index contributed by atoms with van der Waals surface area (Å²) >= 11 is 1.13. The van der Waals surface area contributed by atoms with E-state index in [0.29, 0.717) is 22.3 Å². The monoisotopic (exact) mass is 279 g/mol. The van der Waals surface area contributed by atoms with E-state index in [-0.39, 0.29) is 11.4 Å². The molecule has 4 nitrogen and oxygen atoms in total. The lowest BCUT2D eigenvalue weighted by molar-refractivity contribution is 0.593. The minimum Gasteiger partial charge on any atom is -0.316 e. The zero-order valence-electron chi connectivity index (χ0n) is 10.7.